The van der Waals surface area contributed by atoms with E-state index in [-0.39, 0.29) is 24.8 Å². The van der Waals surface area contributed by atoms with Gasteiger partial charge < -0.3 is 14.5 Å². The van der Waals surface area contributed by atoms with Crippen LogP contribution in [-0.2, 0) is 16.1 Å². The van der Waals surface area contributed by atoms with E-state index in [0.29, 0.717) is 23.5 Å². The molecule has 0 aliphatic rings. The molecule has 1 N–H and O–H groups in total. The fourth-order valence-electron chi connectivity index (χ4n) is 2.82. The quantitative estimate of drug-likeness (QED) is 0.556. The van der Waals surface area contributed by atoms with Gasteiger partial charge in [0.05, 0.1) is 13.2 Å². The second-order valence-corrected chi connectivity index (χ2v) is 7.12. The number of rotatable bonds is 7. The van der Waals surface area contributed by atoms with Crippen LogP contribution in [0.4, 0.5) is 5.82 Å². The SMILES string of the molecule is CCOC(=O)c1oc2ccccc2c1CN(C)CC(=O)Nc1ccc(Br)cn1. The summed E-state index contributed by atoms with van der Waals surface area (Å²) in [5.41, 5.74) is 1.31. The number of amides is 1. The predicted octanol–water partition coefficient (Wildman–Crippen LogP) is 3.84. The Balaban J connectivity index is 1.73. The average molecular weight is 446 g/mol. The maximum absolute atomic E-state index is 12.3. The topological polar surface area (TPSA) is 84.7 Å². The van der Waals surface area contributed by atoms with Gasteiger partial charge in [-0.15, -0.1) is 0 Å². The van der Waals surface area contributed by atoms with Gasteiger partial charge in [-0.1, -0.05) is 18.2 Å². The zero-order valence-electron chi connectivity index (χ0n) is 15.6. The molecule has 2 aromatic heterocycles. The van der Waals surface area contributed by atoms with Gasteiger partial charge in [-0.05, 0) is 48.1 Å². The molecule has 8 heteroatoms. The lowest BCUT2D eigenvalue weighted by Gasteiger charge is -2.16. The smallest absolute Gasteiger partial charge is 0.374 e. The Bertz CT molecular complexity index is 985. The maximum atomic E-state index is 12.3. The Kier molecular flexibility index (Phi) is 6.43. The normalized spacial score (nSPS) is 11.0. The molecule has 7 nitrogen and oxygen atoms in total. The van der Waals surface area contributed by atoms with Gasteiger partial charge in [0.25, 0.3) is 0 Å². The number of anilines is 1. The number of fused-ring (bicyclic) bond motifs is 1. The number of likely N-dealkylation sites (N-methyl/N-ethyl adjacent to an activating group) is 1. The number of esters is 1. The van der Waals surface area contributed by atoms with E-state index in [2.05, 4.69) is 26.2 Å². The Morgan fingerprint density at radius 1 is 1.25 bits per heavy atom. The Morgan fingerprint density at radius 3 is 2.75 bits per heavy atom. The van der Waals surface area contributed by atoms with Gasteiger partial charge in [-0.3, -0.25) is 9.69 Å². The third-order valence-electron chi connectivity index (χ3n) is 4.00. The van der Waals surface area contributed by atoms with E-state index >= 15 is 0 Å². The number of nitrogens with zero attached hydrogens (tertiary/aromatic N) is 2. The van der Waals surface area contributed by atoms with Crippen molar-refractivity contribution in [3.05, 3.63) is 58.4 Å². The molecule has 28 heavy (non-hydrogen) atoms. The summed E-state index contributed by atoms with van der Waals surface area (Å²) in [6.45, 7) is 2.48. The third-order valence-corrected chi connectivity index (χ3v) is 4.46. The van der Waals surface area contributed by atoms with E-state index in [4.69, 9.17) is 9.15 Å². The molecule has 0 radical (unpaired) electrons. The first-order valence-corrected chi connectivity index (χ1v) is 9.54. The summed E-state index contributed by atoms with van der Waals surface area (Å²) in [6.07, 6.45) is 1.61. The second-order valence-electron chi connectivity index (χ2n) is 6.21. The number of furan rings is 1. The van der Waals surface area contributed by atoms with Crippen molar-refractivity contribution in [2.45, 2.75) is 13.5 Å². The lowest BCUT2D eigenvalue weighted by Crippen LogP contribution is -2.30. The number of hydrogen-bond acceptors (Lipinski definition) is 6. The molecule has 146 valence electrons. The van der Waals surface area contributed by atoms with Crippen LogP contribution >= 0.6 is 15.9 Å². The molecule has 0 saturated heterocycles. The van der Waals surface area contributed by atoms with Crippen molar-refractivity contribution in [3.63, 3.8) is 0 Å². The number of para-hydroxylation sites is 1. The van der Waals surface area contributed by atoms with Crippen molar-refractivity contribution >= 4 is 44.6 Å². The molecule has 1 amide bonds. The minimum atomic E-state index is -0.509. The molecular weight excluding hydrogens is 426 g/mol. The number of aromatic nitrogens is 1. The highest BCUT2D eigenvalue weighted by atomic mass is 79.9. The fraction of sp³-hybridized carbons (Fsp3) is 0.250. The van der Waals surface area contributed by atoms with Crippen LogP contribution in [0.3, 0.4) is 0 Å². The first-order valence-electron chi connectivity index (χ1n) is 8.75. The van der Waals surface area contributed by atoms with E-state index < -0.39 is 5.97 Å². The van der Waals surface area contributed by atoms with Crippen LogP contribution < -0.4 is 5.32 Å². The summed E-state index contributed by atoms with van der Waals surface area (Å²) in [5, 5.41) is 3.57. The largest absolute Gasteiger partial charge is 0.460 e. The molecule has 0 aliphatic carbocycles. The molecule has 1 aromatic carbocycles. The number of hydrogen-bond donors (Lipinski definition) is 1. The third kappa shape index (κ3) is 4.76. The number of nitrogens with one attached hydrogen (secondary N) is 1. The standard InChI is InChI=1S/C20H20BrN3O4/c1-3-27-20(26)19-15(14-6-4-5-7-16(14)28-19)11-24(2)12-18(25)23-17-9-8-13(21)10-22-17/h4-10H,3,11-12H2,1-2H3,(H,22,23,25). The van der Waals surface area contributed by atoms with Gasteiger partial charge in [-0.2, -0.15) is 0 Å². The minimum Gasteiger partial charge on any atom is -0.460 e. The molecule has 2 heterocycles. The molecule has 0 spiro atoms. The van der Waals surface area contributed by atoms with Gasteiger partial charge in [0.2, 0.25) is 11.7 Å². The zero-order chi connectivity index (χ0) is 20.1. The molecule has 3 aromatic rings. The Hall–Kier alpha value is -2.71. The monoisotopic (exact) mass is 445 g/mol. The molecule has 0 unspecified atom stereocenters. The first kappa shape index (κ1) is 20.0. The van der Waals surface area contributed by atoms with Crippen LogP contribution in [0.1, 0.15) is 23.0 Å². The van der Waals surface area contributed by atoms with Crippen LogP contribution in [0.2, 0.25) is 0 Å². The highest BCUT2D eigenvalue weighted by molar-refractivity contribution is 9.10. The highest BCUT2D eigenvalue weighted by Crippen LogP contribution is 2.27. The van der Waals surface area contributed by atoms with Crippen molar-refractivity contribution in [1.29, 1.82) is 0 Å². The van der Waals surface area contributed by atoms with E-state index in [1.807, 2.05) is 18.2 Å². The van der Waals surface area contributed by atoms with Crippen LogP contribution in [-0.4, -0.2) is 42.0 Å². The van der Waals surface area contributed by atoms with Crippen molar-refractivity contribution in [3.8, 4) is 0 Å². The van der Waals surface area contributed by atoms with Crippen LogP contribution in [0.15, 0.2) is 51.5 Å². The number of carbonyl (C=O) groups is 2. The lowest BCUT2D eigenvalue weighted by molar-refractivity contribution is -0.117. The van der Waals surface area contributed by atoms with Crippen LogP contribution in [0.25, 0.3) is 11.0 Å². The van der Waals surface area contributed by atoms with E-state index in [1.165, 1.54) is 0 Å². The van der Waals surface area contributed by atoms with E-state index in [9.17, 15) is 9.59 Å². The second kappa shape index (κ2) is 8.99. The number of ether oxygens (including phenoxy) is 1. The van der Waals surface area contributed by atoms with E-state index in [0.717, 1.165) is 9.86 Å². The first-order chi connectivity index (χ1) is 13.5. The summed E-state index contributed by atoms with van der Waals surface area (Å²) in [5.74, 6) is -0.0686. The van der Waals surface area contributed by atoms with E-state index in [1.54, 1.807) is 43.3 Å². The highest BCUT2D eigenvalue weighted by Gasteiger charge is 2.23. The summed E-state index contributed by atoms with van der Waals surface area (Å²) in [6, 6.07) is 10.9. The molecule has 0 bridgehead atoms. The number of halogens is 1. The molecule has 0 fully saturated rings. The van der Waals surface area contributed by atoms with Crippen molar-refractivity contribution in [2.75, 3.05) is 25.5 Å². The summed E-state index contributed by atoms with van der Waals surface area (Å²) in [7, 11) is 1.80. The van der Waals surface area contributed by atoms with Crippen molar-refractivity contribution in [2.24, 2.45) is 0 Å². The van der Waals surface area contributed by atoms with Crippen LogP contribution in [0.5, 0.6) is 0 Å². The van der Waals surface area contributed by atoms with Crippen molar-refractivity contribution in [1.82, 2.24) is 9.88 Å². The fourth-order valence-corrected chi connectivity index (χ4v) is 3.05. The molecular formula is C20H20BrN3O4. The summed E-state index contributed by atoms with van der Waals surface area (Å²) >= 11 is 3.30. The van der Waals surface area contributed by atoms with Crippen molar-refractivity contribution < 1.29 is 18.7 Å². The minimum absolute atomic E-state index is 0.125. The van der Waals surface area contributed by atoms with Gasteiger partial charge in [0.15, 0.2) is 0 Å². The summed E-state index contributed by atoms with van der Waals surface area (Å²) in [4.78, 5) is 30.5. The predicted molar refractivity (Wildman–Crippen MR) is 109 cm³/mol. The van der Waals surface area contributed by atoms with Gasteiger partial charge in [-0.25, -0.2) is 9.78 Å². The number of pyridine rings is 1. The van der Waals surface area contributed by atoms with Crippen LogP contribution in [0, 0.1) is 0 Å². The molecule has 3 rings (SSSR count). The Labute approximate surface area is 170 Å². The number of carbonyl (C=O) groups excluding carboxylic acids is 2. The number of benzene rings is 1. The van der Waals surface area contributed by atoms with Gasteiger partial charge in [0, 0.05) is 28.2 Å². The van der Waals surface area contributed by atoms with Gasteiger partial charge in [0.1, 0.15) is 11.4 Å². The maximum Gasteiger partial charge on any atom is 0.374 e. The lowest BCUT2D eigenvalue weighted by atomic mass is 10.1. The summed E-state index contributed by atoms with van der Waals surface area (Å²) < 4.78 is 11.7. The zero-order valence-corrected chi connectivity index (χ0v) is 17.2. The molecule has 0 atom stereocenters. The Morgan fingerprint density at radius 2 is 2.04 bits per heavy atom. The average Bonchev–Trinajstić information content (AvgIpc) is 3.02. The molecule has 0 saturated carbocycles. The molecule has 0 aliphatic heterocycles. The van der Waals surface area contributed by atoms with Gasteiger partial charge >= 0.3 is 5.97 Å².